The molecule has 1 amide bonds. The lowest BCUT2D eigenvalue weighted by molar-refractivity contribution is 0.0948. The van der Waals surface area contributed by atoms with Crippen LogP contribution in [-0.2, 0) is 0 Å². The van der Waals surface area contributed by atoms with E-state index >= 15 is 0 Å². The average Bonchev–Trinajstić information content (AvgIpc) is 2.92. The molecule has 6 heteroatoms. The van der Waals surface area contributed by atoms with Crippen LogP contribution in [0.15, 0.2) is 39.8 Å². The van der Waals surface area contributed by atoms with Crippen LogP contribution in [0.25, 0.3) is 0 Å². The highest BCUT2D eigenvalue weighted by molar-refractivity contribution is 7.99. The number of thioether (sulfide) groups is 1. The van der Waals surface area contributed by atoms with E-state index in [-0.39, 0.29) is 11.7 Å². The zero-order chi connectivity index (χ0) is 14.8. The molecule has 5 nitrogen and oxygen atoms in total. The second-order valence-corrected chi connectivity index (χ2v) is 6.10. The van der Waals surface area contributed by atoms with Gasteiger partial charge in [-0.2, -0.15) is 0 Å². The number of hydrogen-bond acceptors (Lipinski definition) is 5. The molecule has 2 aromatic rings. The Hall–Kier alpha value is -1.95. The van der Waals surface area contributed by atoms with Crippen molar-refractivity contribution in [3.63, 3.8) is 0 Å². The van der Waals surface area contributed by atoms with Gasteiger partial charge in [0, 0.05) is 17.2 Å². The van der Waals surface area contributed by atoms with Crippen LogP contribution in [0, 0.1) is 5.92 Å². The highest BCUT2D eigenvalue weighted by atomic mass is 32.2. The van der Waals surface area contributed by atoms with Crippen molar-refractivity contribution in [2.24, 2.45) is 5.92 Å². The molecule has 0 radical (unpaired) electrons. The number of hydrogen-bond donors (Lipinski definition) is 0. The predicted octanol–water partition coefficient (Wildman–Crippen LogP) is 3.07. The minimum atomic E-state index is -0.187. The smallest absolute Gasteiger partial charge is 0.297 e. The Labute approximate surface area is 127 Å². The standard InChI is InChI=1S/C15H16N2O3S/c1-10-8-17(11-5-3-4-6-13(11)21-9-10)15(18)12-7-14(19-2)16-20-12/h3-7,10H,8-9H2,1-2H3. The first kappa shape index (κ1) is 14.0. The summed E-state index contributed by atoms with van der Waals surface area (Å²) in [5, 5.41) is 3.70. The van der Waals surface area contributed by atoms with E-state index in [0.29, 0.717) is 18.3 Å². The summed E-state index contributed by atoms with van der Waals surface area (Å²) in [5.74, 6) is 1.70. The topological polar surface area (TPSA) is 55.6 Å². The largest absolute Gasteiger partial charge is 0.479 e. The maximum Gasteiger partial charge on any atom is 0.297 e. The number of rotatable bonds is 2. The number of nitrogens with zero attached hydrogens (tertiary/aromatic N) is 2. The summed E-state index contributed by atoms with van der Waals surface area (Å²) in [6.45, 7) is 2.80. The highest BCUT2D eigenvalue weighted by Crippen LogP contribution is 2.36. The van der Waals surface area contributed by atoms with E-state index in [1.165, 1.54) is 13.2 Å². The number of methoxy groups -OCH3 is 1. The van der Waals surface area contributed by atoms with Crippen molar-refractivity contribution < 1.29 is 14.1 Å². The van der Waals surface area contributed by atoms with Crippen LogP contribution in [0.3, 0.4) is 0 Å². The summed E-state index contributed by atoms with van der Waals surface area (Å²) < 4.78 is 10.1. The van der Waals surface area contributed by atoms with Crippen molar-refractivity contribution in [1.29, 1.82) is 0 Å². The molecule has 3 rings (SSSR count). The second-order valence-electron chi connectivity index (χ2n) is 5.03. The Morgan fingerprint density at radius 2 is 2.29 bits per heavy atom. The zero-order valence-electron chi connectivity index (χ0n) is 11.9. The summed E-state index contributed by atoms with van der Waals surface area (Å²) >= 11 is 1.78. The number of amides is 1. The third kappa shape index (κ3) is 2.76. The molecular formula is C15H16N2O3S. The van der Waals surface area contributed by atoms with Gasteiger partial charge < -0.3 is 14.2 Å². The van der Waals surface area contributed by atoms with Gasteiger partial charge in [0.2, 0.25) is 5.76 Å². The van der Waals surface area contributed by atoms with Gasteiger partial charge in [-0.15, -0.1) is 11.8 Å². The van der Waals surface area contributed by atoms with Crippen LogP contribution in [0.2, 0.25) is 0 Å². The molecule has 1 atom stereocenters. The first-order valence-corrected chi connectivity index (χ1v) is 7.72. The van der Waals surface area contributed by atoms with Crippen LogP contribution in [0.1, 0.15) is 17.5 Å². The molecule has 21 heavy (non-hydrogen) atoms. The van der Waals surface area contributed by atoms with Crippen molar-refractivity contribution in [3.05, 3.63) is 36.1 Å². The number of benzene rings is 1. The summed E-state index contributed by atoms with van der Waals surface area (Å²) in [6.07, 6.45) is 0. The quantitative estimate of drug-likeness (QED) is 0.853. The van der Waals surface area contributed by atoms with Crippen molar-refractivity contribution in [3.8, 4) is 5.88 Å². The predicted molar refractivity (Wildman–Crippen MR) is 81.1 cm³/mol. The molecule has 110 valence electrons. The van der Waals surface area contributed by atoms with Gasteiger partial charge >= 0.3 is 0 Å². The zero-order valence-corrected chi connectivity index (χ0v) is 12.7. The molecule has 1 aromatic carbocycles. The van der Waals surface area contributed by atoms with Crippen LogP contribution in [-0.4, -0.2) is 30.5 Å². The Kier molecular flexibility index (Phi) is 3.88. The van der Waals surface area contributed by atoms with Gasteiger partial charge in [-0.3, -0.25) is 4.79 Å². The van der Waals surface area contributed by atoms with Crippen molar-refractivity contribution in [2.75, 3.05) is 24.3 Å². The van der Waals surface area contributed by atoms with E-state index in [1.54, 1.807) is 16.7 Å². The van der Waals surface area contributed by atoms with E-state index in [0.717, 1.165) is 16.3 Å². The monoisotopic (exact) mass is 304 g/mol. The van der Waals surface area contributed by atoms with Crippen LogP contribution >= 0.6 is 11.8 Å². The van der Waals surface area contributed by atoms with E-state index in [9.17, 15) is 4.79 Å². The molecule has 0 fully saturated rings. The SMILES string of the molecule is COc1cc(C(=O)N2CC(C)CSc3ccccc32)on1. The average molecular weight is 304 g/mol. The Balaban J connectivity index is 1.97. The van der Waals surface area contributed by atoms with Gasteiger partial charge in [0.1, 0.15) is 0 Å². The number of carbonyl (C=O) groups excluding carboxylic acids is 1. The van der Waals surface area contributed by atoms with Gasteiger partial charge in [-0.1, -0.05) is 19.1 Å². The fourth-order valence-electron chi connectivity index (χ4n) is 2.28. The molecular weight excluding hydrogens is 288 g/mol. The van der Waals surface area contributed by atoms with Gasteiger partial charge in [0.15, 0.2) is 0 Å². The van der Waals surface area contributed by atoms with E-state index in [2.05, 4.69) is 12.1 Å². The lowest BCUT2D eigenvalue weighted by atomic mass is 10.1. The van der Waals surface area contributed by atoms with Crippen molar-refractivity contribution in [2.45, 2.75) is 11.8 Å². The lowest BCUT2D eigenvalue weighted by Gasteiger charge is -2.22. The number of ether oxygens (including phenoxy) is 1. The fraction of sp³-hybridized carbons (Fsp3) is 0.333. The molecule has 0 saturated heterocycles. The maximum absolute atomic E-state index is 12.7. The van der Waals surface area contributed by atoms with Gasteiger partial charge in [-0.05, 0) is 23.2 Å². The van der Waals surface area contributed by atoms with E-state index < -0.39 is 0 Å². The third-order valence-corrected chi connectivity index (χ3v) is 4.72. The minimum Gasteiger partial charge on any atom is -0.479 e. The molecule has 0 N–H and O–H groups in total. The fourth-order valence-corrected chi connectivity index (χ4v) is 3.35. The third-order valence-electron chi connectivity index (χ3n) is 3.33. The highest BCUT2D eigenvalue weighted by Gasteiger charge is 2.28. The number of aromatic nitrogens is 1. The van der Waals surface area contributed by atoms with E-state index in [1.807, 2.05) is 24.3 Å². The Morgan fingerprint density at radius 1 is 1.48 bits per heavy atom. The molecule has 1 aromatic heterocycles. The van der Waals surface area contributed by atoms with E-state index in [4.69, 9.17) is 9.26 Å². The van der Waals surface area contributed by atoms with Crippen LogP contribution < -0.4 is 9.64 Å². The van der Waals surface area contributed by atoms with Crippen LogP contribution in [0.4, 0.5) is 5.69 Å². The summed E-state index contributed by atoms with van der Waals surface area (Å²) in [6, 6.07) is 9.46. The summed E-state index contributed by atoms with van der Waals surface area (Å²) in [4.78, 5) is 15.6. The Bertz CT molecular complexity index is 656. The van der Waals surface area contributed by atoms with Crippen LogP contribution in [0.5, 0.6) is 5.88 Å². The number of carbonyl (C=O) groups is 1. The molecule has 0 saturated carbocycles. The molecule has 0 aliphatic carbocycles. The number of anilines is 1. The minimum absolute atomic E-state index is 0.187. The Morgan fingerprint density at radius 3 is 3.05 bits per heavy atom. The van der Waals surface area contributed by atoms with Gasteiger partial charge in [0.25, 0.3) is 11.8 Å². The molecule has 0 bridgehead atoms. The summed E-state index contributed by atoms with van der Waals surface area (Å²) in [7, 11) is 1.49. The molecule has 0 spiro atoms. The number of para-hydroxylation sites is 1. The summed E-state index contributed by atoms with van der Waals surface area (Å²) in [5.41, 5.74) is 0.923. The molecule has 1 aliphatic rings. The van der Waals surface area contributed by atoms with Gasteiger partial charge in [0.05, 0.1) is 18.9 Å². The maximum atomic E-state index is 12.7. The normalized spacial score (nSPS) is 18.0. The number of fused-ring (bicyclic) bond motifs is 1. The first-order valence-electron chi connectivity index (χ1n) is 6.73. The first-order chi connectivity index (χ1) is 10.2. The molecule has 1 aliphatic heterocycles. The van der Waals surface area contributed by atoms with Crippen molar-refractivity contribution in [1.82, 2.24) is 5.16 Å². The lowest BCUT2D eigenvalue weighted by Crippen LogP contribution is -2.34. The molecule has 2 heterocycles. The van der Waals surface area contributed by atoms with Gasteiger partial charge in [-0.25, -0.2) is 0 Å². The second kappa shape index (κ2) is 5.81. The molecule has 1 unspecified atom stereocenters. The van der Waals surface area contributed by atoms with Crippen molar-refractivity contribution >= 4 is 23.4 Å².